The van der Waals surface area contributed by atoms with Crippen LogP contribution in [-0.4, -0.2) is 18.5 Å². The lowest BCUT2D eigenvalue weighted by Gasteiger charge is -2.14. The molecule has 0 aliphatic heterocycles. The van der Waals surface area contributed by atoms with E-state index in [1.807, 2.05) is 49.4 Å². The highest BCUT2D eigenvalue weighted by atomic mass is 127. The van der Waals surface area contributed by atoms with Gasteiger partial charge in [0.25, 0.3) is 5.91 Å². The lowest BCUT2D eigenvalue weighted by molar-refractivity contribution is -0.149. The summed E-state index contributed by atoms with van der Waals surface area (Å²) in [5, 5.41) is 2.70. The predicted molar refractivity (Wildman–Crippen MR) is 98.2 cm³/mol. The number of ether oxygens (including phenoxy) is 1. The molecule has 4 nitrogen and oxygen atoms in total. The molecule has 2 aromatic rings. The summed E-state index contributed by atoms with van der Waals surface area (Å²) in [5.74, 6) is -1.07. The van der Waals surface area contributed by atoms with Crippen LogP contribution in [0.25, 0.3) is 0 Å². The number of halogens is 1. The minimum absolute atomic E-state index is 0.284. The second-order valence-electron chi connectivity index (χ2n) is 5.03. The average molecular weight is 423 g/mol. The van der Waals surface area contributed by atoms with E-state index in [2.05, 4.69) is 27.9 Å². The van der Waals surface area contributed by atoms with E-state index in [1.165, 1.54) is 0 Å². The molecule has 2 rings (SSSR count). The van der Waals surface area contributed by atoms with Crippen molar-refractivity contribution in [3.8, 4) is 0 Å². The van der Waals surface area contributed by atoms with E-state index in [0.29, 0.717) is 12.1 Å². The van der Waals surface area contributed by atoms with Gasteiger partial charge in [0.2, 0.25) is 0 Å². The first kappa shape index (κ1) is 17.5. The van der Waals surface area contributed by atoms with Crippen molar-refractivity contribution in [2.45, 2.75) is 19.3 Å². The zero-order valence-corrected chi connectivity index (χ0v) is 14.9. The van der Waals surface area contributed by atoms with Crippen LogP contribution < -0.4 is 5.32 Å². The molecule has 2 aromatic carbocycles. The summed E-state index contributed by atoms with van der Waals surface area (Å²) in [4.78, 5) is 24.0. The number of hydrogen-bond acceptors (Lipinski definition) is 3. The number of benzene rings is 2. The van der Waals surface area contributed by atoms with E-state index in [0.717, 1.165) is 9.13 Å². The van der Waals surface area contributed by atoms with Gasteiger partial charge in [0.1, 0.15) is 0 Å². The minimum Gasteiger partial charge on any atom is -0.455 e. The number of hydrogen-bond donors (Lipinski definition) is 1. The molecule has 5 heteroatoms. The fraction of sp³-hybridized carbons (Fsp3) is 0.222. The van der Waals surface area contributed by atoms with Gasteiger partial charge in [0.15, 0.2) is 6.61 Å². The zero-order valence-electron chi connectivity index (χ0n) is 12.8. The van der Waals surface area contributed by atoms with Crippen LogP contribution in [0, 0.1) is 3.57 Å². The Morgan fingerprint density at radius 1 is 1.09 bits per heavy atom. The van der Waals surface area contributed by atoms with Gasteiger partial charge in [-0.05, 0) is 58.8 Å². The third-order valence-electron chi connectivity index (χ3n) is 3.37. The molecule has 1 amide bonds. The molecular formula is C18H18INO3. The molecule has 0 radical (unpaired) electrons. The number of esters is 1. The lowest BCUT2D eigenvalue weighted by atomic mass is 9.97. The lowest BCUT2D eigenvalue weighted by Crippen LogP contribution is -2.23. The van der Waals surface area contributed by atoms with Crippen LogP contribution in [0.1, 0.15) is 24.8 Å². The van der Waals surface area contributed by atoms with E-state index in [9.17, 15) is 9.59 Å². The molecule has 0 saturated heterocycles. The topological polar surface area (TPSA) is 55.4 Å². The molecular weight excluding hydrogens is 405 g/mol. The van der Waals surface area contributed by atoms with Crippen molar-refractivity contribution in [3.63, 3.8) is 0 Å². The number of carbonyl (C=O) groups is 2. The summed E-state index contributed by atoms with van der Waals surface area (Å²) in [6.07, 6.45) is 0.627. The molecule has 0 saturated carbocycles. The van der Waals surface area contributed by atoms with Crippen molar-refractivity contribution in [3.05, 3.63) is 63.7 Å². The Kier molecular flexibility index (Phi) is 6.58. The molecule has 23 heavy (non-hydrogen) atoms. The number of carbonyl (C=O) groups excluding carboxylic acids is 2. The van der Waals surface area contributed by atoms with Gasteiger partial charge in [-0.2, -0.15) is 0 Å². The van der Waals surface area contributed by atoms with E-state index < -0.39 is 0 Å². The van der Waals surface area contributed by atoms with Gasteiger partial charge >= 0.3 is 5.97 Å². The molecule has 0 heterocycles. The molecule has 0 fully saturated rings. The summed E-state index contributed by atoms with van der Waals surface area (Å²) in [5.41, 5.74) is 1.58. The highest BCUT2D eigenvalue weighted by molar-refractivity contribution is 14.1. The smallest absolute Gasteiger partial charge is 0.313 e. The van der Waals surface area contributed by atoms with E-state index in [1.54, 1.807) is 12.1 Å². The third-order valence-corrected chi connectivity index (χ3v) is 4.09. The second kappa shape index (κ2) is 8.67. The van der Waals surface area contributed by atoms with Crippen LogP contribution in [-0.2, 0) is 14.3 Å². The van der Waals surface area contributed by atoms with Gasteiger partial charge < -0.3 is 10.1 Å². The van der Waals surface area contributed by atoms with Crippen LogP contribution in [0.4, 0.5) is 5.69 Å². The van der Waals surface area contributed by atoms with Gasteiger partial charge in [0.05, 0.1) is 5.92 Å². The highest BCUT2D eigenvalue weighted by Gasteiger charge is 2.20. The molecule has 120 valence electrons. The SMILES string of the molecule is CC[C@@H](C(=O)OCC(=O)Nc1ccc(I)cc1)c1ccccc1. The fourth-order valence-electron chi connectivity index (χ4n) is 2.19. The normalized spacial score (nSPS) is 11.6. The predicted octanol–water partition coefficient (Wildman–Crippen LogP) is 3.97. The molecule has 0 aliphatic carbocycles. The summed E-state index contributed by atoms with van der Waals surface area (Å²) in [6.45, 7) is 1.64. The van der Waals surface area contributed by atoms with Gasteiger partial charge in [-0.3, -0.25) is 9.59 Å². The van der Waals surface area contributed by atoms with Gasteiger partial charge in [-0.15, -0.1) is 0 Å². The summed E-state index contributed by atoms with van der Waals surface area (Å²) >= 11 is 2.19. The monoisotopic (exact) mass is 423 g/mol. The largest absolute Gasteiger partial charge is 0.455 e. The van der Waals surface area contributed by atoms with Crippen LogP contribution in [0.15, 0.2) is 54.6 Å². The number of anilines is 1. The Hall–Kier alpha value is -1.89. The van der Waals surface area contributed by atoms with Gasteiger partial charge in [-0.25, -0.2) is 0 Å². The van der Waals surface area contributed by atoms with Crippen molar-refractivity contribution >= 4 is 40.2 Å². The summed E-state index contributed by atoms with van der Waals surface area (Å²) < 4.78 is 6.24. The summed E-state index contributed by atoms with van der Waals surface area (Å²) in [7, 11) is 0. The Labute approximate surface area is 149 Å². The minimum atomic E-state index is -0.378. The first-order valence-corrected chi connectivity index (χ1v) is 8.45. The summed E-state index contributed by atoms with van der Waals surface area (Å²) in [6, 6.07) is 16.8. The maximum Gasteiger partial charge on any atom is 0.313 e. The zero-order chi connectivity index (χ0) is 16.7. The highest BCUT2D eigenvalue weighted by Crippen LogP contribution is 2.20. The van der Waals surface area contributed by atoms with E-state index in [-0.39, 0.29) is 24.4 Å². The first-order chi connectivity index (χ1) is 11.1. The second-order valence-corrected chi connectivity index (χ2v) is 6.28. The number of rotatable bonds is 6. The van der Waals surface area contributed by atoms with Crippen molar-refractivity contribution in [2.24, 2.45) is 0 Å². The molecule has 0 aliphatic rings. The molecule has 1 atom stereocenters. The Balaban J connectivity index is 1.87. The number of amides is 1. The van der Waals surface area contributed by atoms with E-state index >= 15 is 0 Å². The maximum absolute atomic E-state index is 12.2. The third kappa shape index (κ3) is 5.35. The molecule has 0 bridgehead atoms. The van der Waals surface area contributed by atoms with Crippen molar-refractivity contribution in [1.82, 2.24) is 0 Å². The molecule has 0 aromatic heterocycles. The quantitative estimate of drug-likeness (QED) is 0.565. The average Bonchev–Trinajstić information content (AvgIpc) is 2.57. The van der Waals surface area contributed by atoms with Crippen LogP contribution >= 0.6 is 22.6 Å². The standard InChI is InChI=1S/C18H18INO3/c1-2-16(13-6-4-3-5-7-13)18(22)23-12-17(21)20-15-10-8-14(19)9-11-15/h3-11,16H,2,12H2,1H3,(H,20,21)/t16-/m1/s1. The van der Waals surface area contributed by atoms with Crippen LogP contribution in [0.2, 0.25) is 0 Å². The maximum atomic E-state index is 12.2. The van der Waals surface area contributed by atoms with Gasteiger partial charge in [-0.1, -0.05) is 37.3 Å². The molecule has 0 spiro atoms. The molecule has 1 N–H and O–H groups in total. The Bertz CT molecular complexity index is 656. The Morgan fingerprint density at radius 2 is 1.74 bits per heavy atom. The van der Waals surface area contributed by atoms with Crippen LogP contribution in [0.5, 0.6) is 0 Å². The van der Waals surface area contributed by atoms with Crippen molar-refractivity contribution in [2.75, 3.05) is 11.9 Å². The van der Waals surface area contributed by atoms with Gasteiger partial charge in [0, 0.05) is 9.26 Å². The van der Waals surface area contributed by atoms with E-state index in [4.69, 9.17) is 4.74 Å². The fourth-order valence-corrected chi connectivity index (χ4v) is 2.55. The Morgan fingerprint density at radius 3 is 2.35 bits per heavy atom. The molecule has 0 unspecified atom stereocenters. The van der Waals surface area contributed by atoms with Crippen molar-refractivity contribution < 1.29 is 14.3 Å². The first-order valence-electron chi connectivity index (χ1n) is 7.37. The number of nitrogens with one attached hydrogen (secondary N) is 1. The van der Waals surface area contributed by atoms with Crippen LogP contribution in [0.3, 0.4) is 0 Å². The van der Waals surface area contributed by atoms with Crippen molar-refractivity contribution in [1.29, 1.82) is 0 Å².